The van der Waals surface area contributed by atoms with E-state index in [1.807, 2.05) is 6.20 Å². The van der Waals surface area contributed by atoms with Crippen LogP contribution in [0.15, 0.2) is 36.7 Å². The van der Waals surface area contributed by atoms with Gasteiger partial charge in [0, 0.05) is 15.3 Å². The van der Waals surface area contributed by atoms with E-state index in [0.717, 1.165) is 0 Å². The predicted octanol–water partition coefficient (Wildman–Crippen LogP) is 4.27. The van der Waals surface area contributed by atoms with Crippen LogP contribution >= 0.6 is 22.6 Å². The maximum atomic E-state index is 4.53. The van der Waals surface area contributed by atoms with Gasteiger partial charge in [0.05, 0.1) is 12.2 Å². The third-order valence-corrected chi connectivity index (χ3v) is 4.43. The quantitative estimate of drug-likeness (QED) is 0.748. The molecule has 1 aliphatic rings. The third-order valence-electron chi connectivity index (χ3n) is 3.49. The molecule has 0 saturated heterocycles. The van der Waals surface area contributed by atoms with Crippen molar-refractivity contribution in [2.24, 2.45) is 0 Å². The Bertz CT molecular complexity index is 512. The van der Waals surface area contributed by atoms with Gasteiger partial charge in [-0.3, -0.25) is 4.68 Å². The van der Waals surface area contributed by atoms with Gasteiger partial charge in [0.15, 0.2) is 0 Å². The molecule has 0 atom stereocenters. The summed E-state index contributed by atoms with van der Waals surface area (Å²) in [6.45, 7) is 0. The van der Waals surface area contributed by atoms with Crippen molar-refractivity contribution in [2.75, 3.05) is 0 Å². The molecule has 1 saturated carbocycles. The molecule has 17 heavy (non-hydrogen) atoms. The van der Waals surface area contributed by atoms with Crippen LogP contribution in [0, 0.1) is 3.57 Å². The molecular formula is C14H15IN2. The minimum Gasteiger partial charge on any atom is -0.269 e. The molecule has 1 aliphatic carbocycles. The molecule has 0 amide bonds. The number of rotatable bonds is 2. The molecule has 0 unspecified atom stereocenters. The van der Waals surface area contributed by atoms with Crippen LogP contribution in [0.4, 0.5) is 0 Å². The smallest absolute Gasteiger partial charge is 0.0568 e. The normalized spacial score (nSPS) is 16.5. The number of hydrogen-bond acceptors (Lipinski definition) is 1. The van der Waals surface area contributed by atoms with E-state index in [-0.39, 0.29) is 0 Å². The van der Waals surface area contributed by atoms with Gasteiger partial charge in [-0.25, -0.2) is 0 Å². The van der Waals surface area contributed by atoms with Crippen molar-refractivity contribution < 1.29 is 0 Å². The molecule has 0 radical (unpaired) electrons. The van der Waals surface area contributed by atoms with Gasteiger partial charge in [0.1, 0.15) is 0 Å². The minimum atomic E-state index is 0.630. The molecule has 1 heterocycles. The van der Waals surface area contributed by atoms with E-state index < -0.39 is 0 Å². The zero-order valence-electron chi connectivity index (χ0n) is 9.64. The summed E-state index contributed by atoms with van der Waals surface area (Å²) >= 11 is 2.38. The fourth-order valence-corrected chi connectivity index (χ4v) is 3.24. The first-order valence-electron chi connectivity index (χ1n) is 6.13. The molecule has 1 fully saturated rings. The number of nitrogens with zero attached hydrogens (tertiary/aromatic N) is 2. The second kappa shape index (κ2) is 4.80. The summed E-state index contributed by atoms with van der Waals surface area (Å²) in [5.74, 6) is 0. The van der Waals surface area contributed by atoms with Crippen molar-refractivity contribution in [3.05, 3.63) is 40.2 Å². The number of aromatic nitrogens is 2. The highest BCUT2D eigenvalue weighted by Gasteiger charge is 2.17. The van der Waals surface area contributed by atoms with Crippen LogP contribution in [0.5, 0.6) is 0 Å². The Morgan fingerprint density at radius 2 is 1.94 bits per heavy atom. The summed E-state index contributed by atoms with van der Waals surface area (Å²) in [5, 5.41) is 4.53. The lowest BCUT2D eigenvalue weighted by molar-refractivity contribution is 0.467. The average Bonchev–Trinajstić information content (AvgIpc) is 3.00. The summed E-state index contributed by atoms with van der Waals surface area (Å²) in [7, 11) is 0. The Hall–Kier alpha value is -0.840. The second-order valence-corrected chi connectivity index (χ2v) is 5.79. The lowest BCUT2D eigenvalue weighted by Gasteiger charge is -2.08. The van der Waals surface area contributed by atoms with E-state index in [1.54, 1.807) is 0 Å². The van der Waals surface area contributed by atoms with Gasteiger partial charge in [-0.05, 0) is 47.1 Å². The predicted molar refractivity (Wildman–Crippen MR) is 77.9 cm³/mol. The van der Waals surface area contributed by atoms with Crippen molar-refractivity contribution in [3.63, 3.8) is 0 Å². The van der Waals surface area contributed by atoms with E-state index in [9.17, 15) is 0 Å². The molecule has 2 nitrogen and oxygen atoms in total. The van der Waals surface area contributed by atoms with Crippen molar-refractivity contribution in [1.29, 1.82) is 0 Å². The molecule has 0 N–H and O–H groups in total. The van der Waals surface area contributed by atoms with Gasteiger partial charge < -0.3 is 0 Å². The standard InChI is InChI=1S/C14H15IN2/c15-14-8-4-3-7-13(14)11-9-16-17(10-11)12-5-1-2-6-12/h3-4,7-10,12H,1-2,5-6H2. The Balaban J connectivity index is 1.92. The van der Waals surface area contributed by atoms with Crippen LogP contribution in [0.3, 0.4) is 0 Å². The third kappa shape index (κ3) is 2.25. The topological polar surface area (TPSA) is 17.8 Å². The maximum Gasteiger partial charge on any atom is 0.0568 e. The van der Waals surface area contributed by atoms with E-state index in [1.165, 1.54) is 40.4 Å². The first-order valence-corrected chi connectivity index (χ1v) is 7.21. The SMILES string of the molecule is Ic1ccccc1-c1cnn(C2CCCC2)c1. The Morgan fingerprint density at radius 3 is 2.71 bits per heavy atom. The molecule has 3 heteroatoms. The van der Waals surface area contributed by atoms with Gasteiger partial charge in [-0.2, -0.15) is 5.10 Å². The van der Waals surface area contributed by atoms with Crippen molar-refractivity contribution in [3.8, 4) is 11.1 Å². The average molecular weight is 338 g/mol. The number of halogens is 1. The molecule has 2 aromatic rings. The molecule has 88 valence electrons. The van der Waals surface area contributed by atoms with Crippen molar-refractivity contribution in [1.82, 2.24) is 9.78 Å². The number of hydrogen-bond donors (Lipinski definition) is 0. The van der Waals surface area contributed by atoms with Gasteiger partial charge >= 0.3 is 0 Å². The van der Waals surface area contributed by atoms with Gasteiger partial charge in [-0.1, -0.05) is 31.0 Å². The van der Waals surface area contributed by atoms with Crippen LogP contribution in [-0.4, -0.2) is 9.78 Å². The van der Waals surface area contributed by atoms with E-state index in [0.29, 0.717) is 6.04 Å². The zero-order chi connectivity index (χ0) is 11.7. The van der Waals surface area contributed by atoms with Gasteiger partial charge in [-0.15, -0.1) is 0 Å². The molecule has 0 aliphatic heterocycles. The van der Waals surface area contributed by atoms with Gasteiger partial charge in [0.2, 0.25) is 0 Å². The fraction of sp³-hybridized carbons (Fsp3) is 0.357. The molecule has 1 aromatic carbocycles. The maximum absolute atomic E-state index is 4.53. The van der Waals surface area contributed by atoms with Crippen LogP contribution in [-0.2, 0) is 0 Å². The Morgan fingerprint density at radius 1 is 1.18 bits per heavy atom. The highest BCUT2D eigenvalue weighted by Crippen LogP contribution is 2.31. The van der Waals surface area contributed by atoms with Crippen LogP contribution < -0.4 is 0 Å². The number of benzene rings is 1. The second-order valence-electron chi connectivity index (χ2n) is 4.63. The summed E-state index contributed by atoms with van der Waals surface area (Å²) < 4.78 is 3.45. The van der Waals surface area contributed by atoms with Crippen molar-refractivity contribution >= 4 is 22.6 Å². The zero-order valence-corrected chi connectivity index (χ0v) is 11.8. The van der Waals surface area contributed by atoms with Crippen LogP contribution in [0.2, 0.25) is 0 Å². The van der Waals surface area contributed by atoms with E-state index in [2.05, 4.69) is 62.8 Å². The minimum absolute atomic E-state index is 0.630. The summed E-state index contributed by atoms with van der Waals surface area (Å²) in [6.07, 6.45) is 9.47. The van der Waals surface area contributed by atoms with Gasteiger partial charge in [0.25, 0.3) is 0 Å². The van der Waals surface area contributed by atoms with Crippen LogP contribution in [0.1, 0.15) is 31.7 Å². The highest BCUT2D eigenvalue weighted by atomic mass is 127. The molecule has 0 bridgehead atoms. The van der Waals surface area contributed by atoms with Crippen LogP contribution in [0.25, 0.3) is 11.1 Å². The molecule has 0 spiro atoms. The van der Waals surface area contributed by atoms with Crippen molar-refractivity contribution in [2.45, 2.75) is 31.7 Å². The van der Waals surface area contributed by atoms with E-state index in [4.69, 9.17) is 0 Å². The Kier molecular flexibility index (Phi) is 3.18. The Labute approximate surface area is 115 Å². The lowest BCUT2D eigenvalue weighted by Crippen LogP contribution is -2.04. The molecule has 1 aromatic heterocycles. The fourth-order valence-electron chi connectivity index (χ4n) is 2.54. The van der Waals surface area contributed by atoms with E-state index >= 15 is 0 Å². The summed E-state index contributed by atoms with van der Waals surface area (Å²) in [5.41, 5.74) is 2.53. The first kappa shape index (κ1) is 11.3. The monoisotopic (exact) mass is 338 g/mol. The highest BCUT2D eigenvalue weighted by molar-refractivity contribution is 14.1. The first-order chi connectivity index (χ1) is 8.34. The summed E-state index contributed by atoms with van der Waals surface area (Å²) in [4.78, 5) is 0. The molecular weight excluding hydrogens is 323 g/mol. The molecule has 3 rings (SSSR count). The lowest BCUT2D eigenvalue weighted by atomic mass is 10.1. The largest absolute Gasteiger partial charge is 0.269 e. The summed E-state index contributed by atoms with van der Waals surface area (Å²) in [6, 6.07) is 9.10.